The van der Waals surface area contributed by atoms with E-state index < -0.39 is 0 Å². The van der Waals surface area contributed by atoms with Crippen molar-refractivity contribution >= 4 is 11.0 Å². The number of aryl methyl sites for hydroxylation is 3. The zero-order valence-corrected chi connectivity index (χ0v) is 15.8. The summed E-state index contributed by atoms with van der Waals surface area (Å²) in [6, 6.07) is 18.3. The van der Waals surface area contributed by atoms with E-state index in [0.717, 1.165) is 47.8 Å². The van der Waals surface area contributed by atoms with Gasteiger partial charge in [0.25, 0.3) is 0 Å². The molecule has 2 heterocycles. The molecule has 0 bridgehead atoms. The minimum atomic E-state index is 0.717. The maximum Gasteiger partial charge on any atom is 0.177 e. The smallest absolute Gasteiger partial charge is 0.177 e. The Balaban J connectivity index is 1.44. The summed E-state index contributed by atoms with van der Waals surface area (Å²) in [4.78, 5) is 4.76. The van der Waals surface area contributed by atoms with Crippen LogP contribution in [-0.2, 0) is 6.54 Å². The number of hydrogen-bond donors (Lipinski definition) is 0. The number of imidazole rings is 1. The van der Waals surface area contributed by atoms with Crippen molar-refractivity contribution in [3.05, 3.63) is 72.0 Å². The Morgan fingerprint density at radius 1 is 0.926 bits per heavy atom. The first-order valence-electron chi connectivity index (χ1n) is 9.42. The van der Waals surface area contributed by atoms with Gasteiger partial charge in [0.1, 0.15) is 5.75 Å². The quantitative estimate of drug-likeness (QED) is 0.393. The minimum Gasteiger partial charge on any atom is -0.493 e. The molecule has 0 atom stereocenters. The summed E-state index contributed by atoms with van der Waals surface area (Å²) in [5.74, 6) is 2.71. The molecule has 2 aromatic carbocycles. The average molecular weight is 360 g/mol. The molecule has 0 unspecified atom stereocenters. The van der Waals surface area contributed by atoms with Gasteiger partial charge in [-0.2, -0.15) is 0 Å². The van der Waals surface area contributed by atoms with Crippen molar-refractivity contribution in [1.82, 2.24) is 9.55 Å². The number of hydrogen-bond acceptors (Lipinski definition) is 3. The first-order valence-corrected chi connectivity index (χ1v) is 9.42. The third-order valence-corrected chi connectivity index (χ3v) is 4.83. The first-order chi connectivity index (χ1) is 13.2. The van der Waals surface area contributed by atoms with Crippen LogP contribution in [0.4, 0.5) is 0 Å². The van der Waals surface area contributed by atoms with Crippen molar-refractivity contribution in [2.45, 2.75) is 33.2 Å². The van der Waals surface area contributed by atoms with Gasteiger partial charge in [-0.15, -0.1) is 0 Å². The van der Waals surface area contributed by atoms with Gasteiger partial charge in [-0.3, -0.25) is 0 Å². The second kappa shape index (κ2) is 7.70. The van der Waals surface area contributed by atoms with Gasteiger partial charge in [0, 0.05) is 6.54 Å². The van der Waals surface area contributed by atoms with E-state index in [1.165, 1.54) is 11.1 Å². The summed E-state index contributed by atoms with van der Waals surface area (Å²) in [5, 5.41) is 0. The molecule has 4 aromatic rings. The number of aromatic nitrogens is 2. The van der Waals surface area contributed by atoms with Gasteiger partial charge in [0.15, 0.2) is 11.6 Å². The van der Waals surface area contributed by atoms with E-state index in [2.05, 4.69) is 48.7 Å². The standard InChI is InChI=1S/C23H24N2O2/c1-17-9-7-10-18(2)22(17)27-15-6-5-14-25-20-12-4-3-11-19(20)24-23(25)21-13-8-16-26-21/h3-4,7-13,16H,5-6,14-15H2,1-2H3. The van der Waals surface area contributed by atoms with Crippen LogP contribution in [0.1, 0.15) is 24.0 Å². The monoisotopic (exact) mass is 360 g/mol. The van der Waals surface area contributed by atoms with E-state index in [-0.39, 0.29) is 0 Å². The Bertz CT molecular complexity index is 1010. The molecule has 0 N–H and O–H groups in total. The zero-order chi connectivity index (χ0) is 18.6. The van der Waals surface area contributed by atoms with Crippen LogP contribution in [-0.4, -0.2) is 16.2 Å². The minimum absolute atomic E-state index is 0.717. The first kappa shape index (κ1) is 17.4. The normalized spacial score (nSPS) is 11.2. The van der Waals surface area contributed by atoms with Crippen molar-refractivity contribution in [3.63, 3.8) is 0 Å². The Morgan fingerprint density at radius 3 is 2.52 bits per heavy atom. The lowest BCUT2D eigenvalue weighted by molar-refractivity contribution is 0.300. The van der Waals surface area contributed by atoms with E-state index in [0.29, 0.717) is 6.61 Å². The maximum absolute atomic E-state index is 6.03. The molecule has 4 nitrogen and oxygen atoms in total. The van der Waals surface area contributed by atoms with Gasteiger partial charge in [0.05, 0.1) is 23.9 Å². The lowest BCUT2D eigenvalue weighted by Gasteiger charge is -2.12. The Labute approximate surface area is 159 Å². The number of nitrogens with zero attached hydrogens (tertiary/aromatic N) is 2. The molecular formula is C23H24N2O2. The highest BCUT2D eigenvalue weighted by Crippen LogP contribution is 2.26. The van der Waals surface area contributed by atoms with Crippen LogP contribution in [0.25, 0.3) is 22.6 Å². The molecule has 0 aliphatic carbocycles. The van der Waals surface area contributed by atoms with Crippen LogP contribution in [0.3, 0.4) is 0 Å². The van der Waals surface area contributed by atoms with Crippen LogP contribution in [0, 0.1) is 13.8 Å². The molecule has 27 heavy (non-hydrogen) atoms. The van der Waals surface area contributed by atoms with E-state index >= 15 is 0 Å². The van der Waals surface area contributed by atoms with Gasteiger partial charge in [-0.05, 0) is 62.1 Å². The number of para-hydroxylation sites is 3. The van der Waals surface area contributed by atoms with Gasteiger partial charge < -0.3 is 13.7 Å². The summed E-state index contributed by atoms with van der Waals surface area (Å²) < 4.78 is 13.9. The highest BCUT2D eigenvalue weighted by molar-refractivity contribution is 5.79. The fourth-order valence-electron chi connectivity index (χ4n) is 3.47. The molecule has 0 saturated heterocycles. The summed E-state index contributed by atoms with van der Waals surface area (Å²) in [6.45, 7) is 5.78. The van der Waals surface area contributed by atoms with Crippen LogP contribution >= 0.6 is 0 Å². The van der Waals surface area contributed by atoms with Crippen molar-refractivity contribution in [2.75, 3.05) is 6.61 Å². The van der Waals surface area contributed by atoms with E-state index in [1.807, 2.05) is 24.3 Å². The number of ether oxygens (including phenoxy) is 1. The highest BCUT2D eigenvalue weighted by Gasteiger charge is 2.14. The molecule has 0 saturated carbocycles. The van der Waals surface area contributed by atoms with Crippen molar-refractivity contribution < 1.29 is 9.15 Å². The third-order valence-electron chi connectivity index (χ3n) is 4.83. The SMILES string of the molecule is Cc1cccc(C)c1OCCCCn1c(-c2ccco2)nc2ccccc21. The van der Waals surface area contributed by atoms with Crippen LogP contribution in [0.15, 0.2) is 65.3 Å². The average Bonchev–Trinajstić information content (AvgIpc) is 3.31. The summed E-state index contributed by atoms with van der Waals surface area (Å²) >= 11 is 0. The number of unbranched alkanes of at least 4 members (excludes halogenated alkanes) is 1. The van der Waals surface area contributed by atoms with Crippen molar-refractivity contribution in [3.8, 4) is 17.3 Å². The summed E-state index contributed by atoms with van der Waals surface area (Å²) in [5.41, 5.74) is 4.52. The van der Waals surface area contributed by atoms with Crippen molar-refractivity contribution in [2.24, 2.45) is 0 Å². The number of rotatable bonds is 7. The molecule has 0 aliphatic rings. The molecule has 4 rings (SSSR count). The predicted octanol–water partition coefficient (Wildman–Crippen LogP) is 5.77. The lowest BCUT2D eigenvalue weighted by atomic mass is 10.1. The number of furan rings is 1. The summed E-state index contributed by atoms with van der Waals surface area (Å²) in [7, 11) is 0. The number of benzene rings is 2. The van der Waals surface area contributed by atoms with Gasteiger partial charge in [-0.25, -0.2) is 4.98 Å². The molecule has 0 spiro atoms. The van der Waals surface area contributed by atoms with Gasteiger partial charge in [-0.1, -0.05) is 30.3 Å². The Morgan fingerprint density at radius 2 is 1.74 bits per heavy atom. The molecule has 0 fully saturated rings. The van der Waals surface area contributed by atoms with E-state index in [9.17, 15) is 0 Å². The van der Waals surface area contributed by atoms with E-state index in [1.54, 1.807) is 6.26 Å². The highest BCUT2D eigenvalue weighted by atomic mass is 16.5. The lowest BCUT2D eigenvalue weighted by Crippen LogP contribution is -2.05. The topological polar surface area (TPSA) is 40.2 Å². The summed E-state index contributed by atoms with van der Waals surface area (Å²) in [6.07, 6.45) is 3.69. The second-order valence-electron chi connectivity index (χ2n) is 6.83. The number of fused-ring (bicyclic) bond motifs is 1. The van der Waals surface area contributed by atoms with Gasteiger partial charge in [0.2, 0.25) is 0 Å². The van der Waals surface area contributed by atoms with Crippen LogP contribution in [0.5, 0.6) is 5.75 Å². The van der Waals surface area contributed by atoms with Crippen LogP contribution < -0.4 is 4.74 Å². The molecule has 0 amide bonds. The molecule has 2 aromatic heterocycles. The Kier molecular flexibility index (Phi) is 4.97. The Hall–Kier alpha value is -3.01. The zero-order valence-electron chi connectivity index (χ0n) is 15.8. The third kappa shape index (κ3) is 3.61. The molecule has 4 heteroatoms. The fraction of sp³-hybridized carbons (Fsp3) is 0.261. The molecule has 0 radical (unpaired) electrons. The molecule has 0 aliphatic heterocycles. The van der Waals surface area contributed by atoms with Gasteiger partial charge >= 0.3 is 0 Å². The van der Waals surface area contributed by atoms with Crippen molar-refractivity contribution in [1.29, 1.82) is 0 Å². The molecule has 138 valence electrons. The molecular weight excluding hydrogens is 336 g/mol. The predicted molar refractivity (Wildman–Crippen MR) is 108 cm³/mol. The fourth-order valence-corrected chi connectivity index (χ4v) is 3.47. The second-order valence-corrected chi connectivity index (χ2v) is 6.83. The van der Waals surface area contributed by atoms with E-state index in [4.69, 9.17) is 14.1 Å². The largest absolute Gasteiger partial charge is 0.493 e. The maximum atomic E-state index is 6.03. The van der Waals surface area contributed by atoms with Crippen LogP contribution in [0.2, 0.25) is 0 Å².